The molecule has 3 rings (SSSR count). The molecule has 0 aliphatic heterocycles. The van der Waals surface area contributed by atoms with Crippen molar-refractivity contribution in [2.45, 2.75) is 38.3 Å². The van der Waals surface area contributed by atoms with E-state index in [1.807, 2.05) is 25.4 Å². The predicted octanol–water partition coefficient (Wildman–Crippen LogP) is 3.49. The van der Waals surface area contributed by atoms with Gasteiger partial charge in [0.25, 0.3) is 0 Å². The van der Waals surface area contributed by atoms with Crippen LogP contribution >= 0.6 is 0 Å². The summed E-state index contributed by atoms with van der Waals surface area (Å²) in [4.78, 5) is 4.60. The molecule has 1 aromatic heterocycles. The van der Waals surface area contributed by atoms with Crippen molar-refractivity contribution < 1.29 is 4.74 Å². The third kappa shape index (κ3) is 3.24. The van der Waals surface area contributed by atoms with Gasteiger partial charge in [-0.3, -0.25) is 4.98 Å². The zero-order valence-electron chi connectivity index (χ0n) is 12.7. The summed E-state index contributed by atoms with van der Waals surface area (Å²) in [7, 11) is 1.98. The van der Waals surface area contributed by atoms with E-state index in [1.165, 1.54) is 24.0 Å². The molecule has 0 saturated heterocycles. The second kappa shape index (κ2) is 6.27. The SMILES string of the molecule is CCc1cccnc1C(NC)c1cccc(OC2CC2)c1. The highest BCUT2D eigenvalue weighted by Gasteiger charge is 2.24. The molecule has 1 N–H and O–H groups in total. The molecular formula is C18H22N2O. The molecule has 1 unspecified atom stereocenters. The monoisotopic (exact) mass is 282 g/mol. The van der Waals surface area contributed by atoms with Gasteiger partial charge in [-0.15, -0.1) is 0 Å². The molecule has 1 atom stereocenters. The van der Waals surface area contributed by atoms with E-state index in [9.17, 15) is 0 Å². The van der Waals surface area contributed by atoms with E-state index >= 15 is 0 Å². The minimum absolute atomic E-state index is 0.101. The lowest BCUT2D eigenvalue weighted by Crippen LogP contribution is -2.20. The molecule has 0 spiro atoms. The number of hydrogen-bond donors (Lipinski definition) is 1. The second-order valence-corrected chi connectivity index (χ2v) is 5.51. The molecule has 21 heavy (non-hydrogen) atoms. The van der Waals surface area contributed by atoms with Gasteiger partial charge in [0.05, 0.1) is 17.8 Å². The van der Waals surface area contributed by atoms with Crippen molar-refractivity contribution in [3.8, 4) is 5.75 Å². The van der Waals surface area contributed by atoms with Crippen molar-refractivity contribution in [1.82, 2.24) is 10.3 Å². The summed E-state index contributed by atoms with van der Waals surface area (Å²) in [5, 5.41) is 3.39. The smallest absolute Gasteiger partial charge is 0.120 e. The van der Waals surface area contributed by atoms with Crippen LogP contribution in [0, 0.1) is 0 Å². The van der Waals surface area contributed by atoms with Gasteiger partial charge in [0, 0.05) is 6.20 Å². The molecule has 110 valence electrons. The van der Waals surface area contributed by atoms with Crippen molar-refractivity contribution >= 4 is 0 Å². The van der Waals surface area contributed by atoms with Crippen LogP contribution in [0.4, 0.5) is 0 Å². The van der Waals surface area contributed by atoms with E-state index in [0.717, 1.165) is 17.9 Å². The van der Waals surface area contributed by atoms with Gasteiger partial charge in [0.1, 0.15) is 5.75 Å². The first-order valence-corrected chi connectivity index (χ1v) is 7.69. The molecule has 1 fully saturated rings. The highest BCUT2D eigenvalue weighted by molar-refractivity contribution is 5.37. The molecule has 0 radical (unpaired) electrons. The Morgan fingerprint density at radius 2 is 2.14 bits per heavy atom. The molecular weight excluding hydrogens is 260 g/mol. The molecule has 1 aliphatic rings. The van der Waals surface area contributed by atoms with Gasteiger partial charge in [-0.1, -0.05) is 25.1 Å². The van der Waals surface area contributed by atoms with E-state index in [4.69, 9.17) is 4.74 Å². The standard InChI is InChI=1S/C18H22N2O/c1-3-13-7-5-11-20-18(13)17(19-2)14-6-4-8-16(12-14)21-15-9-10-15/h4-8,11-12,15,17,19H,3,9-10H2,1-2H3. The van der Waals surface area contributed by atoms with Gasteiger partial charge < -0.3 is 10.1 Å². The molecule has 0 amide bonds. The first-order chi connectivity index (χ1) is 10.3. The van der Waals surface area contributed by atoms with Crippen LogP contribution in [-0.2, 0) is 6.42 Å². The maximum absolute atomic E-state index is 5.90. The fraction of sp³-hybridized carbons (Fsp3) is 0.389. The number of aromatic nitrogens is 1. The van der Waals surface area contributed by atoms with Gasteiger partial charge >= 0.3 is 0 Å². The molecule has 0 bridgehead atoms. The van der Waals surface area contributed by atoms with E-state index in [1.54, 1.807) is 0 Å². The lowest BCUT2D eigenvalue weighted by atomic mass is 9.98. The first-order valence-electron chi connectivity index (χ1n) is 7.69. The highest BCUT2D eigenvalue weighted by Crippen LogP contribution is 2.30. The fourth-order valence-electron chi connectivity index (χ4n) is 2.62. The van der Waals surface area contributed by atoms with Crippen LogP contribution in [0.25, 0.3) is 0 Å². The number of nitrogens with one attached hydrogen (secondary N) is 1. The fourth-order valence-corrected chi connectivity index (χ4v) is 2.62. The Morgan fingerprint density at radius 1 is 1.29 bits per heavy atom. The summed E-state index contributed by atoms with van der Waals surface area (Å²) in [5.74, 6) is 0.962. The topological polar surface area (TPSA) is 34.2 Å². The van der Waals surface area contributed by atoms with Crippen molar-refractivity contribution in [1.29, 1.82) is 0 Å². The molecule has 2 aromatic rings. The van der Waals surface area contributed by atoms with Gasteiger partial charge in [-0.05, 0) is 55.6 Å². The Bertz CT molecular complexity index is 608. The van der Waals surface area contributed by atoms with E-state index in [2.05, 4.69) is 41.5 Å². The van der Waals surface area contributed by atoms with Gasteiger partial charge in [0.2, 0.25) is 0 Å². The second-order valence-electron chi connectivity index (χ2n) is 5.51. The van der Waals surface area contributed by atoms with E-state index in [0.29, 0.717) is 6.10 Å². The van der Waals surface area contributed by atoms with Crippen LogP contribution < -0.4 is 10.1 Å². The van der Waals surface area contributed by atoms with Gasteiger partial charge in [-0.2, -0.15) is 0 Å². The van der Waals surface area contributed by atoms with Crippen LogP contribution in [0.15, 0.2) is 42.6 Å². The summed E-state index contributed by atoms with van der Waals surface area (Å²) >= 11 is 0. The third-order valence-corrected chi connectivity index (χ3v) is 3.89. The van der Waals surface area contributed by atoms with Crippen molar-refractivity contribution in [2.75, 3.05) is 7.05 Å². The Hall–Kier alpha value is -1.87. The Kier molecular flexibility index (Phi) is 4.20. The first kappa shape index (κ1) is 14.1. The average Bonchev–Trinajstić information content (AvgIpc) is 3.33. The maximum atomic E-state index is 5.90. The lowest BCUT2D eigenvalue weighted by molar-refractivity contribution is 0.302. The predicted molar refractivity (Wildman–Crippen MR) is 84.6 cm³/mol. The summed E-state index contributed by atoms with van der Waals surface area (Å²) in [6.45, 7) is 2.17. The molecule has 1 saturated carbocycles. The van der Waals surface area contributed by atoms with Crippen LogP contribution in [0.1, 0.15) is 42.6 Å². The molecule has 3 nitrogen and oxygen atoms in total. The van der Waals surface area contributed by atoms with E-state index in [-0.39, 0.29) is 6.04 Å². The van der Waals surface area contributed by atoms with Crippen LogP contribution in [0.3, 0.4) is 0 Å². The van der Waals surface area contributed by atoms with E-state index < -0.39 is 0 Å². The largest absolute Gasteiger partial charge is 0.490 e. The van der Waals surface area contributed by atoms with Gasteiger partial charge in [-0.25, -0.2) is 0 Å². The number of rotatable bonds is 6. The maximum Gasteiger partial charge on any atom is 0.120 e. The minimum Gasteiger partial charge on any atom is -0.490 e. The van der Waals surface area contributed by atoms with Crippen molar-refractivity contribution in [3.05, 3.63) is 59.4 Å². The molecule has 3 heteroatoms. The number of nitrogens with zero attached hydrogens (tertiary/aromatic N) is 1. The number of ether oxygens (including phenoxy) is 1. The molecule has 1 aliphatic carbocycles. The number of benzene rings is 1. The van der Waals surface area contributed by atoms with Crippen molar-refractivity contribution in [2.24, 2.45) is 0 Å². The Balaban J connectivity index is 1.91. The zero-order valence-corrected chi connectivity index (χ0v) is 12.7. The summed E-state index contributed by atoms with van der Waals surface area (Å²) in [6, 6.07) is 12.6. The number of aryl methyl sites for hydroxylation is 1. The average molecular weight is 282 g/mol. The molecule has 1 heterocycles. The normalized spacial score (nSPS) is 15.7. The Labute approximate surface area is 126 Å². The van der Waals surface area contributed by atoms with Crippen LogP contribution in [0.5, 0.6) is 5.75 Å². The summed E-state index contributed by atoms with van der Waals surface area (Å²) < 4.78 is 5.90. The Morgan fingerprint density at radius 3 is 2.86 bits per heavy atom. The molecule has 1 aromatic carbocycles. The van der Waals surface area contributed by atoms with Crippen molar-refractivity contribution in [3.63, 3.8) is 0 Å². The van der Waals surface area contributed by atoms with Gasteiger partial charge in [0.15, 0.2) is 0 Å². The quantitative estimate of drug-likeness (QED) is 0.880. The number of pyridine rings is 1. The lowest BCUT2D eigenvalue weighted by Gasteiger charge is -2.19. The summed E-state index contributed by atoms with van der Waals surface area (Å²) in [6.07, 6.45) is 5.64. The van der Waals surface area contributed by atoms with Crippen LogP contribution in [-0.4, -0.2) is 18.1 Å². The zero-order chi connectivity index (χ0) is 14.7. The minimum atomic E-state index is 0.101. The third-order valence-electron chi connectivity index (χ3n) is 3.89. The summed E-state index contributed by atoms with van der Waals surface area (Å²) in [5.41, 5.74) is 3.58. The van der Waals surface area contributed by atoms with Crippen LogP contribution in [0.2, 0.25) is 0 Å². The number of hydrogen-bond acceptors (Lipinski definition) is 3. The highest BCUT2D eigenvalue weighted by atomic mass is 16.5.